The van der Waals surface area contributed by atoms with Crippen LogP contribution in [0.2, 0.25) is 0 Å². The molecule has 1 N–H and O–H groups in total. The minimum Gasteiger partial charge on any atom is -0.481 e. The van der Waals surface area contributed by atoms with Gasteiger partial charge in [0.15, 0.2) is 0 Å². The smallest absolute Gasteiger partial charge is 0.401 e. The van der Waals surface area contributed by atoms with E-state index in [2.05, 4.69) is 15.3 Å². The molecule has 0 aliphatic carbocycles. The zero-order chi connectivity index (χ0) is 15.5. The van der Waals surface area contributed by atoms with Crippen LogP contribution in [0.3, 0.4) is 0 Å². The van der Waals surface area contributed by atoms with Gasteiger partial charge < -0.3 is 10.1 Å². The van der Waals surface area contributed by atoms with Crippen molar-refractivity contribution in [1.82, 2.24) is 14.9 Å². The predicted octanol–water partition coefficient (Wildman–Crippen LogP) is 2.09. The predicted molar refractivity (Wildman–Crippen MR) is 72.4 cm³/mol. The highest BCUT2D eigenvalue weighted by atomic mass is 19.4. The van der Waals surface area contributed by atoms with Crippen molar-refractivity contribution in [1.29, 1.82) is 0 Å². The van der Waals surface area contributed by atoms with Crippen molar-refractivity contribution in [3.63, 3.8) is 0 Å². The van der Waals surface area contributed by atoms with Gasteiger partial charge in [0.05, 0.1) is 19.2 Å². The third kappa shape index (κ3) is 4.45. The van der Waals surface area contributed by atoms with Gasteiger partial charge in [-0.15, -0.1) is 0 Å². The molecule has 1 atom stereocenters. The first-order valence-electron chi connectivity index (χ1n) is 6.77. The average Bonchev–Trinajstić information content (AvgIpc) is 2.83. The number of anilines is 1. The van der Waals surface area contributed by atoms with Crippen LogP contribution < -0.4 is 10.1 Å². The molecule has 1 unspecified atom stereocenters. The highest BCUT2D eigenvalue weighted by molar-refractivity contribution is 5.47. The molecule has 2 heterocycles. The zero-order valence-corrected chi connectivity index (χ0v) is 12.1. The molecule has 0 aromatic carbocycles. The monoisotopic (exact) mass is 304 g/mol. The second-order valence-electron chi connectivity index (χ2n) is 5.24. The zero-order valence-electron chi connectivity index (χ0n) is 12.1. The molecule has 2 rings (SSSR count). The van der Waals surface area contributed by atoms with Gasteiger partial charge in [-0.25, -0.2) is 9.97 Å². The van der Waals surface area contributed by atoms with Gasteiger partial charge in [-0.1, -0.05) is 0 Å². The number of methoxy groups -OCH3 is 1. The van der Waals surface area contributed by atoms with E-state index >= 15 is 0 Å². The van der Waals surface area contributed by atoms with Crippen LogP contribution in [0.15, 0.2) is 6.33 Å². The van der Waals surface area contributed by atoms with E-state index in [0.717, 1.165) is 12.0 Å². The Labute approximate surface area is 121 Å². The molecule has 0 saturated carbocycles. The molecule has 5 nitrogen and oxygen atoms in total. The highest BCUT2D eigenvalue weighted by Gasteiger charge is 2.34. The van der Waals surface area contributed by atoms with E-state index in [1.54, 1.807) is 0 Å². The van der Waals surface area contributed by atoms with Gasteiger partial charge in [0.1, 0.15) is 12.1 Å². The normalized spacial score (nSPS) is 19.8. The van der Waals surface area contributed by atoms with Gasteiger partial charge in [-0.2, -0.15) is 13.2 Å². The fourth-order valence-electron chi connectivity index (χ4n) is 2.54. The summed E-state index contributed by atoms with van der Waals surface area (Å²) in [5, 5.41) is 3.17. The van der Waals surface area contributed by atoms with Crippen LogP contribution in [0, 0.1) is 12.8 Å². The van der Waals surface area contributed by atoms with E-state index in [-0.39, 0.29) is 5.92 Å². The van der Waals surface area contributed by atoms with Crippen molar-refractivity contribution < 1.29 is 17.9 Å². The molecule has 1 aliphatic heterocycles. The molecule has 8 heteroatoms. The molecule has 0 radical (unpaired) electrons. The van der Waals surface area contributed by atoms with E-state index in [4.69, 9.17) is 4.74 Å². The number of hydrogen-bond acceptors (Lipinski definition) is 5. The van der Waals surface area contributed by atoms with Crippen LogP contribution in [0.4, 0.5) is 19.0 Å². The second kappa shape index (κ2) is 6.46. The van der Waals surface area contributed by atoms with Gasteiger partial charge in [-0.3, -0.25) is 4.90 Å². The third-order valence-electron chi connectivity index (χ3n) is 3.56. The Morgan fingerprint density at radius 3 is 2.86 bits per heavy atom. The maximum absolute atomic E-state index is 12.3. The van der Waals surface area contributed by atoms with Gasteiger partial charge in [0.2, 0.25) is 5.88 Å². The summed E-state index contributed by atoms with van der Waals surface area (Å²) in [6.45, 7) is 2.54. The Morgan fingerprint density at radius 2 is 2.19 bits per heavy atom. The number of aromatic nitrogens is 2. The Bertz CT molecular complexity index is 481. The molecule has 1 aliphatic rings. The lowest BCUT2D eigenvalue weighted by molar-refractivity contribution is -0.143. The molecular formula is C13H19F3N4O. The van der Waals surface area contributed by atoms with E-state index in [0.29, 0.717) is 31.3 Å². The number of rotatable bonds is 5. The lowest BCUT2D eigenvalue weighted by Gasteiger charge is -2.18. The summed E-state index contributed by atoms with van der Waals surface area (Å²) in [7, 11) is 1.53. The first-order chi connectivity index (χ1) is 9.89. The fourth-order valence-corrected chi connectivity index (χ4v) is 2.54. The van der Waals surface area contributed by atoms with E-state index in [9.17, 15) is 13.2 Å². The summed E-state index contributed by atoms with van der Waals surface area (Å²) in [6, 6.07) is 0. The molecule has 118 valence electrons. The van der Waals surface area contributed by atoms with Crippen molar-refractivity contribution in [2.24, 2.45) is 5.92 Å². The molecule has 1 fully saturated rings. The molecule has 0 amide bonds. The van der Waals surface area contributed by atoms with Crippen molar-refractivity contribution in [2.75, 3.05) is 38.6 Å². The first-order valence-corrected chi connectivity index (χ1v) is 6.77. The van der Waals surface area contributed by atoms with Crippen molar-refractivity contribution in [3.05, 3.63) is 11.9 Å². The van der Waals surface area contributed by atoms with E-state index < -0.39 is 12.7 Å². The fraction of sp³-hybridized carbons (Fsp3) is 0.692. The number of ether oxygens (including phenoxy) is 1. The van der Waals surface area contributed by atoms with Gasteiger partial charge >= 0.3 is 6.18 Å². The summed E-state index contributed by atoms with van der Waals surface area (Å²) in [5.41, 5.74) is 0.796. The molecule has 0 spiro atoms. The maximum Gasteiger partial charge on any atom is 0.401 e. The summed E-state index contributed by atoms with van der Waals surface area (Å²) < 4.78 is 42.1. The van der Waals surface area contributed by atoms with E-state index in [1.807, 2.05) is 6.92 Å². The standard InChI is InChI=1S/C13H19F3N4O/c1-9-11(18-8-19-12(9)21-2)17-5-10-3-4-20(6-10)7-13(14,15)16/h8,10H,3-7H2,1-2H3,(H,17,18,19). The second-order valence-corrected chi connectivity index (χ2v) is 5.24. The lowest BCUT2D eigenvalue weighted by Crippen LogP contribution is -2.33. The molecule has 1 aromatic rings. The minimum atomic E-state index is -4.13. The van der Waals surface area contributed by atoms with Crippen LogP contribution in [0.1, 0.15) is 12.0 Å². The van der Waals surface area contributed by atoms with Gasteiger partial charge in [0, 0.05) is 13.1 Å². The van der Waals surface area contributed by atoms with Crippen LogP contribution >= 0.6 is 0 Å². The Hall–Kier alpha value is -1.57. The number of halogens is 3. The van der Waals surface area contributed by atoms with Crippen molar-refractivity contribution in [3.8, 4) is 5.88 Å². The topological polar surface area (TPSA) is 50.3 Å². The highest BCUT2D eigenvalue weighted by Crippen LogP contribution is 2.24. The summed E-state index contributed by atoms with van der Waals surface area (Å²) >= 11 is 0. The largest absolute Gasteiger partial charge is 0.481 e. The van der Waals surface area contributed by atoms with Crippen molar-refractivity contribution in [2.45, 2.75) is 19.5 Å². The third-order valence-corrected chi connectivity index (χ3v) is 3.56. The number of hydrogen-bond donors (Lipinski definition) is 1. The Balaban J connectivity index is 1.85. The van der Waals surface area contributed by atoms with Gasteiger partial charge in [0.25, 0.3) is 0 Å². The van der Waals surface area contributed by atoms with Crippen LogP contribution in [-0.4, -0.2) is 54.3 Å². The summed E-state index contributed by atoms with van der Waals surface area (Å²) in [6.07, 6.45) is -1.97. The molecule has 1 saturated heterocycles. The summed E-state index contributed by atoms with van der Waals surface area (Å²) in [4.78, 5) is 9.56. The Morgan fingerprint density at radius 1 is 1.43 bits per heavy atom. The molecule has 21 heavy (non-hydrogen) atoms. The summed E-state index contributed by atoms with van der Waals surface area (Å²) in [5.74, 6) is 1.35. The SMILES string of the molecule is COc1ncnc(NCC2CCN(CC(F)(F)F)C2)c1C. The molecule has 0 bridgehead atoms. The maximum atomic E-state index is 12.3. The number of nitrogens with zero attached hydrogens (tertiary/aromatic N) is 3. The van der Waals surface area contributed by atoms with Crippen molar-refractivity contribution >= 4 is 5.82 Å². The molecular weight excluding hydrogens is 285 g/mol. The Kier molecular flexibility index (Phi) is 4.87. The number of likely N-dealkylation sites (tertiary alicyclic amines) is 1. The average molecular weight is 304 g/mol. The lowest BCUT2D eigenvalue weighted by atomic mass is 10.1. The number of alkyl halides is 3. The van der Waals surface area contributed by atoms with E-state index in [1.165, 1.54) is 18.3 Å². The number of nitrogens with one attached hydrogen (secondary N) is 1. The van der Waals surface area contributed by atoms with Crippen LogP contribution in [0.5, 0.6) is 5.88 Å². The van der Waals surface area contributed by atoms with Gasteiger partial charge in [-0.05, 0) is 25.8 Å². The van der Waals surface area contributed by atoms with Crippen LogP contribution in [0.25, 0.3) is 0 Å². The van der Waals surface area contributed by atoms with Crippen LogP contribution in [-0.2, 0) is 0 Å². The minimum absolute atomic E-state index is 0.188. The quantitative estimate of drug-likeness (QED) is 0.902. The first kappa shape index (κ1) is 15.8. The molecule has 1 aromatic heterocycles.